The highest BCUT2D eigenvalue weighted by molar-refractivity contribution is 7.91. The largest absolute Gasteiger partial charge is 0.324 e. The number of Topliss-reactive ketones (excluding diaryl/α,β-unsaturated/α-hetero) is 1. The lowest BCUT2D eigenvalue weighted by molar-refractivity contribution is 0.101. The normalized spacial score (nSPS) is 18.1. The summed E-state index contributed by atoms with van der Waals surface area (Å²) in [7, 11) is -1.42. The minimum Gasteiger partial charge on any atom is -0.324 e. The smallest absolute Gasteiger partial charge is 0.321 e. The lowest BCUT2D eigenvalue weighted by Gasteiger charge is -2.23. The van der Waals surface area contributed by atoms with Crippen LogP contribution in [-0.2, 0) is 9.84 Å². The van der Waals surface area contributed by atoms with Crippen LogP contribution in [0.3, 0.4) is 0 Å². The lowest BCUT2D eigenvalue weighted by Crippen LogP contribution is -2.40. The molecule has 6 nitrogen and oxygen atoms in total. The van der Waals surface area contributed by atoms with Gasteiger partial charge in [-0.3, -0.25) is 4.79 Å². The third kappa shape index (κ3) is 4.54. The SMILES string of the molecule is CC(=O)c1cccc(-c2ccc(NC(=O)N(C)[C@H]3CCS(=O)(=O)C3)cc2)c1. The van der Waals surface area contributed by atoms with Crippen LogP contribution in [0.15, 0.2) is 48.5 Å². The van der Waals surface area contributed by atoms with Crippen molar-refractivity contribution in [2.24, 2.45) is 0 Å². The number of sulfone groups is 1. The van der Waals surface area contributed by atoms with E-state index in [1.807, 2.05) is 30.3 Å². The highest BCUT2D eigenvalue weighted by atomic mass is 32.2. The molecule has 0 bridgehead atoms. The number of rotatable bonds is 4. The van der Waals surface area contributed by atoms with E-state index in [4.69, 9.17) is 0 Å². The van der Waals surface area contributed by atoms with E-state index in [0.29, 0.717) is 17.7 Å². The van der Waals surface area contributed by atoms with Gasteiger partial charge < -0.3 is 10.2 Å². The summed E-state index contributed by atoms with van der Waals surface area (Å²) in [5, 5.41) is 2.79. The van der Waals surface area contributed by atoms with E-state index < -0.39 is 9.84 Å². The van der Waals surface area contributed by atoms with Crippen molar-refractivity contribution < 1.29 is 18.0 Å². The number of carbonyl (C=O) groups is 2. The van der Waals surface area contributed by atoms with Gasteiger partial charge >= 0.3 is 6.03 Å². The van der Waals surface area contributed by atoms with Gasteiger partial charge in [-0.1, -0.05) is 30.3 Å². The molecule has 1 N–H and O–H groups in total. The van der Waals surface area contributed by atoms with E-state index >= 15 is 0 Å². The molecule has 1 aliphatic rings. The van der Waals surface area contributed by atoms with Gasteiger partial charge in [0, 0.05) is 24.3 Å². The Bertz CT molecular complexity index is 968. The summed E-state index contributed by atoms with van der Waals surface area (Å²) in [6.45, 7) is 1.53. The maximum Gasteiger partial charge on any atom is 0.321 e. The van der Waals surface area contributed by atoms with Crippen molar-refractivity contribution in [1.82, 2.24) is 4.90 Å². The first-order valence-electron chi connectivity index (χ1n) is 8.71. The van der Waals surface area contributed by atoms with E-state index in [1.54, 1.807) is 25.2 Å². The quantitative estimate of drug-likeness (QED) is 0.818. The summed E-state index contributed by atoms with van der Waals surface area (Å²) in [6, 6.07) is 14.1. The average Bonchev–Trinajstić information content (AvgIpc) is 3.01. The molecule has 1 atom stereocenters. The fourth-order valence-corrected chi connectivity index (χ4v) is 4.90. The molecule has 2 aromatic carbocycles. The third-order valence-electron chi connectivity index (χ3n) is 4.82. The van der Waals surface area contributed by atoms with Gasteiger partial charge in [-0.2, -0.15) is 0 Å². The van der Waals surface area contributed by atoms with Crippen molar-refractivity contribution in [3.8, 4) is 11.1 Å². The molecule has 1 aliphatic heterocycles. The molecule has 1 saturated heterocycles. The Morgan fingerprint density at radius 1 is 1.07 bits per heavy atom. The molecule has 3 rings (SSSR count). The molecular formula is C20H22N2O4S. The van der Waals surface area contributed by atoms with Gasteiger partial charge in [0.15, 0.2) is 15.6 Å². The van der Waals surface area contributed by atoms with Crippen LogP contribution in [0.1, 0.15) is 23.7 Å². The number of nitrogens with zero attached hydrogens (tertiary/aromatic N) is 1. The van der Waals surface area contributed by atoms with Gasteiger partial charge in [0.25, 0.3) is 0 Å². The van der Waals surface area contributed by atoms with Crippen molar-refractivity contribution >= 4 is 27.3 Å². The lowest BCUT2D eigenvalue weighted by atomic mass is 10.0. The molecule has 7 heteroatoms. The molecule has 142 valence electrons. The van der Waals surface area contributed by atoms with E-state index in [9.17, 15) is 18.0 Å². The molecule has 2 amide bonds. The van der Waals surface area contributed by atoms with Crippen LogP contribution in [0.25, 0.3) is 11.1 Å². The second-order valence-corrected chi connectivity index (χ2v) is 9.04. The van der Waals surface area contributed by atoms with Crippen LogP contribution in [0.5, 0.6) is 0 Å². The number of benzene rings is 2. The topological polar surface area (TPSA) is 83.6 Å². The maximum atomic E-state index is 12.4. The third-order valence-corrected chi connectivity index (χ3v) is 6.57. The number of anilines is 1. The van der Waals surface area contributed by atoms with Gasteiger partial charge in [-0.25, -0.2) is 13.2 Å². The molecule has 27 heavy (non-hydrogen) atoms. The number of hydrogen-bond acceptors (Lipinski definition) is 4. The number of urea groups is 1. The number of amides is 2. The summed E-state index contributed by atoms with van der Waals surface area (Å²) >= 11 is 0. The standard InChI is InChI=1S/C20H22N2O4S/c1-14(23)16-4-3-5-17(12-16)15-6-8-18(9-7-15)21-20(24)22(2)19-10-11-27(25,26)13-19/h3-9,12,19H,10-11,13H2,1-2H3,(H,21,24)/t19-/m0/s1. The summed E-state index contributed by atoms with van der Waals surface area (Å²) in [6.07, 6.45) is 0.470. The van der Waals surface area contributed by atoms with Gasteiger partial charge in [-0.15, -0.1) is 0 Å². The molecule has 0 aliphatic carbocycles. The first-order valence-corrected chi connectivity index (χ1v) is 10.5. The zero-order valence-corrected chi connectivity index (χ0v) is 16.1. The predicted octanol–water partition coefficient (Wildman–Crippen LogP) is 3.21. The summed E-state index contributed by atoms with van der Waals surface area (Å²) in [5.74, 6) is 0.156. The number of nitrogens with one attached hydrogen (secondary N) is 1. The van der Waals surface area contributed by atoms with Gasteiger partial charge in [0.1, 0.15) is 0 Å². The second-order valence-electron chi connectivity index (χ2n) is 6.81. The Morgan fingerprint density at radius 3 is 2.37 bits per heavy atom. The zero-order valence-electron chi connectivity index (χ0n) is 15.3. The highest BCUT2D eigenvalue weighted by Crippen LogP contribution is 2.23. The predicted molar refractivity (Wildman–Crippen MR) is 106 cm³/mol. The summed E-state index contributed by atoms with van der Waals surface area (Å²) < 4.78 is 23.2. The Labute approximate surface area is 159 Å². The van der Waals surface area contributed by atoms with Crippen LogP contribution < -0.4 is 5.32 Å². The highest BCUT2D eigenvalue weighted by Gasteiger charge is 2.32. The van der Waals surface area contributed by atoms with E-state index in [1.165, 1.54) is 11.8 Å². The Hall–Kier alpha value is -2.67. The Balaban J connectivity index is 1.68. The molecule has 0 unspecified atom stereocenters. The number of carbonyl (C=O) groups excluding carboxylic acids is 2. The van der Waals surface area contributed by atoms with Crippen molar-refractivity contribution in [1.29, 1.82) is 0 Å². The first kappa shape index (κ1) is 19.1. The molecular weight excluding hydrogens is 364 g/mol. The number of ketones is 1. The Morgan fingerprint density at radius 2 is 1.78 bits per heavy atom. The van der Waals surface area contributed by atoms with Crippen LogP contribution in [-0.4, -0.2) is 49.7 Å². The zero-order chi connectivity index (χ0) is 19.6. The second kappa shape index (κ2) is 7.52. The van der Waals surface area contributed by atoms with E-state index in [2.05, 4.69) is 5.32 Å². The first-order chi connectivity index (χ1) is 12.7. The van der Waals surface area contributed by atoms with Crippen LogP contribution in [0, 0.1) is 0 Å². The summed E-state index contributed by atoms with van der Waals surface area (Å²) in [4.78, 5) is 25.3. The molecule has 0 radical (unpaired) electrons. The Kier molecular flexibility index (Phi) is 5.32. The molecule has 0 aromatic heterocycles. The van der Waals surface area contributed by atoms with Gasteiger partial charge in [-0.05, 0) is 42.7 Å². The van der Waals surface area contributed by atoms with Crippen molar-refractivity contribution in [2.45, 2.75) is 19.4 Å². The minimum atomic E-state index is -3.04. The van der Waals surface area contributed by atoms with Crippen LogP contribution >= 0.6 is 0 Å². The monoisotopic (exact) mass is 386 g/mol. The van der Waals surface area contributed by atoms with E-state index in [0.717, 1.165) is 11.1 Å². The van der Waals surface area contributed by atoms with Gasteiger partial charge in [0.2, 0.25) is 0 Å². The molecule has 1 fully saturated rings. The minimum absolute atomic E-state index is 0.0118. The van der Waals surface area contributed by atoms with Crippen LogP contribution in [0.2, 0.25) is 0 Å². The molecule has 1 heterocycles. The average molecular weight is 386 g/mol. The van der Waals surface area contributed by atoms with Crippen LogP contribution in [0.4, 0.5) is 10.5 Å². The fraction of sp³-hybridized carbons (Fsp3) is 0.300. The van der Waals surface area contributed by atoms with Crippen molar-refractivity contribution in [3.63, 3.8) is 0 Å². The number of hydrogen-bond donors (Lipinski definition) is 1. The van der Waals surface area contributed by atoms with E-state index in [-0.39, 0.29) is 29.4 Å². The maximum absolute atomic E-state index is 12.4. The fourth-order valence-electron chi connectivity index (χ4n) is 3.12. The van der Waals surface area contributed by atoms with Crippen molar-refractivity contribution in [3.05, 3.63) is 54.1 Å². The molecule has 0 saturated carbocycles. The van der Waals surface area contributed by atoms with Gasteiger partial charge in [0.05, 0.1) is 11.5 Å². The molecule has 2 aromatic rings. The van der Waals surface area contributed by atoms with Crippen molar-refractivity contribution in [2.75, 3.05) is 23.9 Å². The summed E-state index contributed by atoms with van der Waals surface area (Å²) in [5.41, 5.74) is 3.14. The molecule has 0 spiro atoms.